The highest BCUT2D eigenvalue weighted by atomic mass is 16.6. The van der Waals surface area contributed by atoms with Gasteiger partial charge < -0.3 is 14.4 Å². The predicted octanol–water partition coefficient (Wildman–Crippen LogP) is 3.81. The van der Waals surface area contributed by atoms with Crippen molar-refractivity contribution in [2.75, 3.05) is 6.54 Å². The molecule has 2 aliphatic rings. The summed E-state index contributed by atoms with van der Waals surface area (Å²) in [5, 5.41) is 0. The lowest BCUT2D eigenvalue weighted by atomic mass is 9.80. The van der Waals surface area contributed by atoms with Crippen LogP contribution in [0.25, 0.3) is 0 Å². The van der Waals surface area contributed by atoms with Crippen LogP contribution in [0.4, 0.5) is 4.79 Å². The number of ketones is 1. The second kappa shape index (κ2) is 5.80. The van der Waals surface area contributed by atoms with E-state index < -0.39 is 11.2 Å². The van der Waals surface area contributed by atoms with Crippen molar-refractivity contribution in [3.05, 3.63) is 29.8 Å². The summed E-state index contributed by atoms with van der Waals surface area (Å²) in [6.45, 7) is 8.10. The molecule has 2 atom stereocenters. The van der Waals surface area contributed by atoms with Gasteiger partial charge in [-0.3, -0.25) is 4.79 Å². The van der Waals surface area contributed by atoms with Crippen molar-refractivity contribution in [3.63, 3.8) is 0 Å². The Morgan fingerprint density at radius 3 is 2.71 bits per heavy atom. The molecule has 0 N–H and O–H groups in total. The predicted molar refractivity (Wildman–Crippen MR) is 90.4 cm³/mol. The van der Waals surface area contributed by atoms with Gasteiger partial charge in [0.15, 0.2) is 5.78 Å². The van der Waals surface area contributed by atoms with Crippen LogP contribution in [0.1, 0.15) is 57.3 Å². The van der Waals surface area contributed by atoms with Crippen molar-refractivity contribution in [3.8, 4) is 5.75 Å². The molecule has 0 radical (unpaired) electrons. The molecule has 0 saturated carbocycles. The molecule has 1 saturated heterocycles. The Kier molecular flexibility index (Phi) is 4.06. The van der Waals surface area contributed by atoms with Gasteiger partial charge in [-0.1, -0.05) is 12.1 Å². The fourth-order valence-electron chi connectivity index (χ4n) is 3.58. The minimum atomic E-state index is -0.512. The minimum Gasteiger partial charge on any atom is -0.486 e. The lowest BCUT2D eigenvalue weighted by molar-refractivity contribution is -0.0406. The number of hydrogen-bond donors (Lipinski definition) is 0. The molecule has 0 aliphatic carbocycles. The molecule has 2 aliphatic heterocycles. The molecular formula is C19H25NO4. The second-order valence-electron chi connectivity index (χ2n) is 7.86. The van der Waals surface area contributed by atoms with Crippen molar-refractivity contribution in [2.24, 2.45) is 0 Å². The Morgan fingerprint density at radius 2 is 2.04 bits per heavy atom. The van der Waals surface area contributed by atoms with Crippen molar-refractivity contribution in [1.29, 1.82) is 0 Å². The number of nitrogens with zero attached hydrogens (tertiary/aromatic N) is 1. The Morgan fingerprint density at radius 1 is 1.33 bits per heavy atom. The van der Waals surface area contributed by atoms with Gasteiger partial charge in [-0.2, -0.15) is 0 Å². The minimum absolute atomic E-state index is 0.0355. The maximum Gasteiger partial charge on any atom is 0.410 e. The highest BCUT2D eigenvalue weighted by Crippen LogP contribution is 2.41. The quantitative estimate of drug-likeness (QED) is 0.725. The molecule has 1 aromatic rings. The van der Waals surface area contributed by atoms with E-state index in [0.29, 0.717) is 37.1 Å². The van der Waals surface area contributed by atoms with Crippen molar-refractivity contribution < 1.29 is 19.1 Å². The monoisotopic (exact) mass is 331 g/mol. The standard InChI is InChI=1S/C19H25NO4/c1-13-11-19(9-10-20(13)17(22)24-18(2,3)4)12-15(21)14-7-5-6-8-16(14)23-19/h5-8,13H,9-12H2,1-4H3/t13-,19+/m1/s1. The summed E-state index contributed by atoms with van der Waals surface area (Å²) in [4.78, 5) is 26.6. The van der Waals surface area contributed by atoms with E-state index in [-0.39, 0.29) is 17.9 Å². The summed E-state index contributed by atoms with van der Waals surface area (Å²) < 4.78 is 11.7. The fourth-order valence-corrected chi connectivity index (χ4v) is 3.58. The number of carbonyl (C=O) groups excluding carboxylic acids is 2. The van der Waals surface area contributed by atoms with Gasteiger partial charge in [0.2, 0.25) is 0 Å². The van der Waals surface area contributed by atoms with E-state index in [1.54, 1.807) is 4.90 Å². The topological polar surface area (TPSA) is 55.8 Å². The van der Waals surface area contributed by atoms with Crippen LogP contribution in [-0.4, -0.2) is 40.6 Å². The van der Waals surface area contributed by atoms with Crippen LogP contribution in [0, 0.1) is 0 Å². The Balaban J connectivity index is 1.74. The normalized spacial score (nSPS) is 26.8. The molecule has 5 nitrogen and oxygen atoms in total. The van der Waals surface area contributed by atoms with Crippen LogP contribution in [0.15, 0.2) is 24.3 Å². The highest BCUT2D eigenvalue weighted by Gasteiger charge is 2.46. The zero-order valence-corrected chi connectivity index (χ0v) is 14.8. The van der Waals surface area contributed by atoms with Gasteiger partial charge in [-0.05, 0) is 39.8 Å². The molecule has 130 valence electrons. The summed E-state index contributed by atoms with van der Waals surface area (Å²) in [6, 6.07) is 7.35. The summed E-state index contributed by atoms with van der Waals surface area (Å²) in [5.41, 5.74) is -0.365. The van der Waals surface area contributed by atoms with E-state index in [9.17, 15) is 9.59 Å². The van der Waals surface area contributed by atoms with E-state index in [2.05, 4.69) is 0 Å². The second-order valence-corrected chi connectivity index (χ2v) is 7.86. The van der Waals surface area contributed by atoms with Crippen LogP contribution in [0.2, 0.25) is 0 Å². The molecule has 5 heteroatoms. The third kappa shape index (κ3) is 3.25. The Labute approximate surface area is 142 Å². The largest absolute Gasteiger partial charge is 0.486 e. The molecule has 1 fully saturated rings. The summed E-state index contributed by atoms with van der Waals surface area (Å²) in [5.74, 6) is 0.779. The molecular weight excluding hydrogens is 306 g/mol. The van der Waals surface area contributed by atoms with Crippen molar-refractivity contribution in [1.82, 2.24) is 4.90 Å². The smallest absolute Gasteiger partial charge is 0.410 e. The molecule has 0 aromatic heterocycles. The number of amides is 1. The molecule has 3 rings (SSSR count). The average molecular weight is 331 g/mol. The molecule has 24 heavy (non-hydrogen) atoms. The first kappa shape index (κ1) is 16.8. The first-order chi connectivity index (χ1) is 11.2. The fraction of sp³-hybridized carbons (Fsp3) is 0.579. The highest BCUT2D eigenvalue weighted by molar-refractivity contribution is 6.00. The van der Waals surface area contributed by atoms with E-state index in [4.69, 9.17) is 9.47 Å². The number of likely N-dealkylation sites (tertiary alicyclic amines) is 1. The molecule has 2 heterocycles. The zero-order chi connectivity index (χ0) is 17.5. The van der Waals surface area contributed by atoms with Crippen molar-refractivity contribution >= 4 is 11.9 Å². The lowest BCUT2D eigenvalue weighted by Crippen LogP contribution is -2.56. The van der Waals surface area contributed by atoms with E-state index in [1.807, 2.05) is 52.0 Å². The third-order valence-corrected chi connectivity index (χ3v) is 4.63. The molecule has 1 aromatic carbocycles. The zero-order valence-electron chi connectivity index (χ0n) is 14.8. The van der Waals surface area contributed by atoms with Crippen LogP contribution < -0.4 is 4.74 Å². The van der Waals surface area contributed by atoms with Crippen LogP contribution in [0.3, 0.4) is 0 Å². The van der Waals surface area contributed by atoms with Gasteiger partial charge in [-0.15, -0.1) is 0 Å². The Bertz CT molecular complexity index is 664. The maximum atomic E-state index is 12.5. The van der Waals surface area contributed by atoms with Gasteiger partial charge in [0.1, 0.15) is 17.0 Å². The number of fused-ring (bicyclic) bond motifs is 1. The van der Waals surface area contributed by atoms with Gasteiger partial charge in [0.05, 0.1) is 12.0 Å². The molecule has 0 bridgehead atoms. The van der Waals surface area contributed by atoms with Gasteiger partial charge in [0.25, 0.3) is 0 Å². The van der Waals surface area contributed by atoms with Crippen molar-refractivity contribution in [2.45, 2.75) is 64.2 Å². The number of hydrogen-bond acceptors (Lipinski definition) is 4. The summed E-state index contributed by atoms with van der Waals surface area (Å²) in [7, 11) is 0. The number of carbonyl (C=O) groups is 2. The van der Waals surface area contributed by atoms with E-state index in [1.165, 1.54) is 0 Å². The lowest BCUT2D eigenvalue weighted by Gasteiger charge is -2.47. The first-order valence-electron chi connectivity index (χ1n) is 8.50. The van der Waals surface area contributed by atoms with Crippen LogP contribution >= 0.6 is 0 Å². The number of piperidine rings is 1. The number of rotatable bonds is 0. The average Bonchev–Trinajstić information content (AvgIpc) is 2.45. The number of benzene rings is 1. The summed E-state index contributed by atoms with van der Waals surface area (Å²) in [6.07, 6.45) is 1.34. The molecule has 1 amide bonds. The summed E-state index contributed by atoms with van der Waals surface area (Å²) >= 11 is 0. The van der Waals surface area contributed by atoms with E-state index in [0.717, 1.165) is 0 Å². The van der Waals surface area contributed by atoms with Crippen LogP contribution in [-0.2, 0) is 4.74 Å². The van der Waals surface area contributed by atoms with Gasteiger partial charge >= 0.3 is 6.09 Å². The number of para-hydroxylation sites is 1. The maximum absolute atomic E-state index is 12.5. The SMILES string of the molecule is C[C@@H]1C[C@@]2(CCN1C(=O)OC(C)(C)C)CC(=O)c1ccccc1O2. The third-order valence-electron chi connectivity index (χ3n) is 4.63. The van der Waals surface area contributed by atoms with Gasteiger partial charge in [0, 0.05) is 25.4 Å². The van der Waals surface area contributed by atoms with E-state index >= 15 is 0 Å². The molecule has 0 unspecified atom stereocenters. The van der Waals surface area contributed by atoms with Gasteiger partial charge in [-0.25, -0.2) is 4.79 Å². The van der Waals surface area contributed by atoms with Crippen LogP contribution in [0.5, 0.6) is 5.75 Å². The molecule has 1 spiro atoms. The number of ether oxygens (including phenoxy) is 2. The Hall–Kier alpha value is -2.04. The number of Topliss-reactive ketones (excluding diaryl/α,β-unsaturated/α-hetero) is 1. The first-order valence-corrected chi connectivity index (χ1v) is 8.50.